The summed E-state index contributed by atoms with van der Waals surface area (Å²) in [6.45, 7) is 0. The third kappa shape index (κ3) is 5.66. The van der Waals surface area contributed by atoms with Crippen LogP contribution in [0, 0.1) is 0 Å². The Balaban J connectivity index is 0.938. The summed E-state index contributed by atoms with van der Waals surface area (Å²) in [5.74, 6) is 1.50. The molecular weight excluding hydrogens is 775 g/mol. The summed E-state index contributed by atoms with van der Waals surface area (Å²) in [4.78, 5) is 24.6. The Morgan fingerprint density at radius 1 is 0.381 bits per heavy atom. The third-order valence-electron chi connectivity index (χ3n) is 12.1. The Bertz CT molecular complexity index is 3870. The summed E-state index contributed by atoms with van der Waals surface area (Å²) >= 11 is 0. The number of fused-ring (bicyclic) bond motifs is 9. The molecule has 13 rings (SSSR count). The molecule has 0 N–H and O–H groups in total. The highest BCUT2D eigenvalue weighted by atomic mass is 16.3. The molecule has 0 saturated carbocycles. The highest BCUT2D eigenvalue weighted by molar-refractivity contribution is 6.13. The van der Waals surface area contributed by atoms with Crippen LogP contribution in [0.1, 0.15) is 0 Å². The maximum Gasteiger partial charge on any atom is 0.162 e. The van der Waals surface area contributed by atoms with Gasteiger partial charge in [-0.1, -0.05) is 109 Å². The molecule has 0 aliphatic carbocycles. The van der Waals surface area contributed by atoms with Crippen LogP contribution in [0.5, 0.6) is 0 Å². The van der Waals surface area contributed by atoms with Gasteiger partial charge in [-0.25, -0.2) is 15.0 Å². The van der Waals surface area contributed by atoms with Crippen molar-refractivity contribution in [3.63, 3.8) is 0 Å². The van der Waals surface area contributed by atoms with Crippen LogP contribution in [0.4, 0.5) is 0 Å². The zero-order valence-electron chi connectivity index (χ0n) is 33.6. The molecule has 0 spiro atoms. The lowest BCUT2D eigenvalue weighted by Gasteiger charge is -2.12. The van der Waals surface area contributed by atoms with Crippen molar-refractivity contribution >= 4 is 65.8 Å². The Hall–Kier alpha value is -8.75. The molecule has 294 valence electrons. The van der Waals surface area contributed by atoms with Crippen molar-refractivity contribution < 1.29 is 4.42 Å². The van der Waals surface area contributed by atoms with Crippen molar-refractivity contribution in [2.24, 2.45) is 0 Å². The fourth-order valence-electron chi connectivity index (χ4n) is 9.17. The van der Waals surface area contributed by atoms with Gasteiger partial charge in [-0.05, 0) is 77.9 Å². The van der Waals surface area contributed by atoms with Crippen LogP contribution in [0.15, 0.2) is 205 Å². The fourth-order valence-corrected chi connectivity index (χ4v) is 9.17. The highest BCUT2D eigenvalue weighted by Crippen LogP contribution is 2.39. The van der Waals surface area contributed by atoms with Gasteiger partial charge in [-0.3, -0.25) is 14.5 Å². The SMILES string of the molecule is c1ccc(-c2cc(-n3c4ccccc4c4cc(-c5ccc6c(c5)c5ccccc5n6-c5cncc(-c6ccc7oc8cccnc8c7n6)c5)ccc43)nc(-c3ccccc3)n2)cc1. The molecule has 7 heterocycles. The summed E-state index contributed by atoms with van der Waals surface area (Å²) < 4.78 is 10.6. The minimum absolute atomic E-state index is 0.684. The van der Waals surface area contributed by atoms with Crippen LogP contribution in [-0.4, -0.2) is 34.1 Å². The van der Waals surface area contributed by atoms with Crippen molar-refractivity contribution in [1.82, 2.24) is 34.1 Å². The van der Waals surface area contributed by atoms with Gasteiger partial charge in [-0.15, -0.1) is 0 Å². The lowest BCUT2D eigenvalue weighted by molar-refractivity contribution is 0.667. The normalized spacial score (nSPS) is 11.8. The number of para-hydroxylation sites is 2. The maximum atomic E-state index is 6.01. The molecule has 0 aliphatic rings. The number of nitrogens with zero attached hydrogens (tertiary/aromatic N) is 7. The fraction of sp³-hybridized carbons (Fsp3) is 0. The summed E-state index contributed by atoms with van der Waals surface area (Å²) in [7, 11) is 0. The van der Waals surface area contributed by atoms with E-state index < -0.39 is 0 Å². The molecule has 8 nitrogen and oxygen atoms in total. The molecule has 0 unspecified atom stereocenters. The molecule has 0 aliphatic heterocycles. The topological polar surface area (TPSA) is 87.5 Å². The lowest BCUT2D eigenvalue weighted by Crippen LogP contribution is -2.02. The maximum absolute atomic E-state index is 6.01. The summed E-state index contributed by atoms with van der Waals surface area (Å²) in [6, 6.07) is 63.2. The van der Waals surface area contributed by atoms with Crippen molar-refractivity contribution in [3.8, 4) is 56.5 Å². The Kier molecular flexibility index (Phi) is 7.74. The van der Waals surface area contributed by atoms with Gasteiger partial charge in [0, 0.05) is 56.7 Å². The average molecular weight is 808 g/mol. The summed E-state index contributed by atoms with van der Waals surface area (Å²) in [6.07, 6.45) is 5.55. The molecule has 0 atom stereocenters. The highest BCUT2D eigenvalue weighted by Gasteiger charge is 2.19. The van der Waals surface area contributed by atoms with Gasteiger partial charge in [0.1, 0.15) is 16.9 Å². The van der Waals surface area contributed by atoms with E-state index in [0.29, 0.717) is 11.4 Å². The molecule has 0 amide bonds. The minimum atomic E-state index is 0.684. The van der Waals surface area contributed by atoms with E-state index in [2.05, 4.69) is 135 Å². The van der Waals surface area contributed by atoms with Crippen molar-refractivity contribution in [2.75, 3.05) is 0 Å². The van der Waals surface area contributed by atoms with Crippen molar-refractivity contribution in [2.45, 2.75) is 0 Å². The number of rotatable bonds is 6. The molecule has 8 heteroatoms. The number of pyridine rings is 3. The Morgan fingerprint density at radius 3 is 1.76 bits per heavy atom. The van der Waals surface area contributed by atoms with Crippen molar-refractivity contribution in [3.05, 3.63) is 201 Å². The molecule has 0 radical (unpaired) electrons. The molecular formula is C55H33N7O. The zero-order valence-corrected chi connectivity index (χ0v) is 33.6. The first-order valence-corrected chi connectivity index (χ1v) is 20.9. The number of benzene rings is 6. The van der Waals surface area contributed by atoms with E-state index in [0.717, 1.165) is 106 Å². The number of aromatic nitrogens is 7. The second-order valence-electron chi connectivity index (χ2n) is 15.8. The van der Waals surface area contributed by atoms with Crippen LogP contribution >= 0.6 is 0 Å². The van der Waals surface area contributed by atoms with E-state index in [1.807, 2.05) is 73.1 Å². The third-order valence-corrected chi connectivity index (χ3v) is 12.1. The summed E-state index contributed by atoms with van der Waals surface area (Å²) in [5, 5.41) is 4.64. The van der Waals surface area contributed by atoms with E-state index >= 15 is 0 Å². The first-order valence-electron chi connectivity index (χ1n) is 20.9. The molecule has 0 fully saturated rings. The first kappa shape index (κ1) is 35.0. The average Bonchev–Trinajstić information content (AvgIpc) is 4.01. The molecule has 7 aromatic heterocycles. The van der Waals surface area contributed by atoms with Gasteiger partial charge in [0.25, 0.3) is 0 Å². The predicted molar refractivity (Wildman–Crippen MR) is 253 cm³/mol. The number of furan rings is 1. The zero-order chi connectivity index (χ0) is 41.4. The second kappa shape index (κ2) is 13.9. The van der Waals surface area contributed by atoms with E-state index in [1.54, 1.807) is 6.20 Å². The van der Waals surface area contributed by atoms with E-state index in [9.17, 15) is 0 Å². The number of hydrogen-bond donors (Lipinski definition) is 0. The standard InChI is InChI=1S/C55H33N7O/c1-3-12-34(13-4-1)45-31-52(60-55(59-45)35-14-5-2-6-15-35)62-47-19-10-8-17-41(47)43-30-37(22-25-49(43)62)36-21-24-48-42(29-36)40-16-7-9-18-46(40)61(48)39-28-38(32-56-33-39)44-23-26-51-54(58-44)53-50(63-51)20-11-27-57-53/h1-33H. The largest absolute Gasteiger partial charge is 0.453 e. The lowest BCUT2D eigenvalue weighted by atomic mass is 10.0. The monoisotopic (exact) mass is 807 g/mol. The molecule has 0 saturated heterocycles. The Morgan fingerprint density at radius 2 is 1.02 bits per heavy atom. The smallest absolute Gasteiger partial charge is 0.162 e. The molecule has 13 aromatic rings. The van der Waals surface area contributed by atoms with Crippen LogP contribution in [-0.2, 0) is 0 Å². The Labute approximate surface area is 360 Å². The van der Waals surface area contributed by atoms with E-state index in [1.165, 1.54) is 5.39 Å². The van der Waals surface area contributed by atoms with Gasteiger partial charge in [0.15, 0.2) is 17.0 Å². The predicted octanol–water partition coefficient (Wildman–Crippen LogP) is 13.4. The summed E-state index contributed by atoms with van der Waals surface area (Å²) in [5.41, 5.74) is 15.1. The minimum Gasteiger partial charge on any atom is -0.453 e. The van der Waals surface area contributed by atoms with E-state index in [-0.39, 0.29) is 0 Å². The first-order chi connectivity index (χ1) is 31.2. The van der Waals surface area contributed by atoms with Gasteiger partial charge in [0.05, 0.1) is 45.3 Å². The number of hydrogen-bond acceptors (Lipinski definition) is 6. The van der Waals surface area contributed by atoms with Crippen LogP contribution in [0.3, 0.4) is 0 Å². The molecule has 6 aromatic carbocycles. The van der Waals surface area contributed by atoms with Gasteiger partial charge >= 0.3 is 0 Å². The van der Waals surface area contributed by atoms with Gasteiger partial charge in [0.2, 0.25) is 0 Å². The van der Waals surface area contributed by atoms with Gasteiger partial charge < -0.3 is 8.98 Å². The van der Waals surface area contributed by atoms with Crippen LogP contribution in [0.25, 0.3) is 122 Å². The van der Waals surface area contributed by atoms with Crippen LogP contribution < -0.4 is 0 Å². The van der Waals surface area contributed by atoms with Crippen LogP contribution in [0.2, 0.25) is 0 Å². The molecule has 63 heavy (non-hydrogen) atoms. The van der Waals surface area contributed by atoms with E-state index in [4.69, 9.17) is 24.4 Å². The van der Waals surface area contributed by atoms with Gasteiger partial charge in [-0.2, -0.15) is 0 Å². The quantitative estimate of drug-likeness (QED) is 0.166. The van der Waals surface area contributed by atoms with Crippen molar-refractivity contribution in [1.29, 1.82) is 0 Å². The second-order valence-corrected chi connectivity index (χ2v) is 15.8. The molecule has 0 bridgehead atoms.